The minimum Gasteiger partial charge on any atom is -0.497 e. The molecular formula is C18H17BrClN3O3. The second-order valence-corrected chi connectivity index (χ2v) is 6.92. The third kappa shape index (κ3) is 4.00. The second-order valence-electron chi connectivity index (χ2n) is 5.72. The molecular weight excluding hydrogens is 422 g/mol. The van der Waals surface area contributed by atoms with Crippen molar-refractivity contribution >= 4 is 44.1 Å². The van der Waals surface area contributed by atoms with Gasteiger partial charge in [-0.05, 0) is 52.3 Å². The van der Waals surface area contributed by atoms with E-state index in [9.17, 15) is 9.90 Å². The summed E-state index contributed by atoms with van der Waals surface area (Å²) in [7, 11) is 1.60. The molecule has 0 amide bonds. The van der Waals surface area contributed by atoms with Crippen molar-refractivity contribution in [2.24, 2.45) is 0 Å². The molecule has 0 radical (unpaired) electrons. The van der Waals surface area contributed by atoms with Crippen molar-refractivity contribution < 1.29 is 9.84 Å². The number of hydrogen-bond donors (Lipinski definition) is 2. The zero-order valence-electron chi connectivity index (χ0n) is 13.9. The third-order valence-corrected chi connectivity index (χ3v) is 5.29. The molecule has 0 aliphatic carbocycles. The lowest BCUT2D eigenvalue weighted by molar-refractivity contribution is 0.165. The number of methoxy groups -OCH3 is 1. The first kappa shape index (κ1) is 18.7. The zero-order valence-corrected chi connectivity index (χ0v) is 16.3. The van der Waals surface area contributed by atoms with Crippen LogP contribution in [0.4, 0.5) is 5.69 Å². The van der Waals surface area contributed by atoms with Crippen LogP contribution >= 0.6 is 27.5 Å². The molecule has 0 saturated heterocycles. The number of rotatable bonds is 6. The van der Waals surface area contributed by atoms with Gasteiger partial charge in [0, 0.05) is 12.2 Å². The van der Waals surface area contributed by atoms with Crippen LogP contribution in [0.2, 0.25) is 5.02 Å². The Labute approximate surface area is 163 Å². The van der Waals surface area contributed by atoms with Gasteiger partial charge in [0.05, 0.1) is 46.5 Å². The first-order valence-electron chi connectivity index (χ1n) is 7.88. The number of aliphatic hydroxyl groups excluding tert-OH is 1. The summed E-state index contributed by atoms with van der Waals surface area (Å²) in [6, 6.07) is 10.7. The predicted molar refractivity (Wildman–Crippen MR) is 106 cm³/mol. The molecule has 6 nitrogen and oxygen atoms in total. The van der Waals surface area contributed by atoms with Crippen LogP contribution in [-0.2, 0) is 6.54 Å². The van der Waals surface area contributed by atoms with Gasteiger partial charge in [-0.2, -0.15) is 0 Å². The summed E-state index contributed by atoms with van der Waals surface area (Å²) in [5.74, 6) is 0.758. The van der Waals surface area contributed by atoms with Gasteiger partial charge in [0.15, 0.2) is 0 Å². The highest BCUT2D eigenvalue weighted by molar-refractivity contribution is 9.10. The first-order chi connectivity index (χ1) is 12.5. The van der Waals surface area contributed by atoms with Gasteiger partial charge >= 0.3 is 0 Å². The van der Waals surface area contributed by atoms with E-state index in [1.54, 1.807) is 19.2 Å². The van der Waals surface area contributed by atoms with E-state index in [2.05, 4.69) is 26.2 Å². The van der Waals surface area contributed by atoms with Gasteiger partial charge in [-0.3, -0.25) is 9.36 Å². The van der Waals surface area contributed by atoms with Crippen molar-refractivity contribution in [2.75, 3.05) is 19.0 Å². The van der Waals surface area contributed by atoms with E-state index in [4.69, 9.17) is 16.3 Å². The third-order valence-electron chi connectivity index (χ3n) is 3.92. The van der Waals surface area contributed by atoms with Crippen LogP contribution < -0.4 is 15.6 Å². The molecule has 1 atom stereocenters. The predicted octanol–water partition coefficient (Wildman–Crippen LogP) is 3.29. The maximum Gasteiger partial charge on any atom is 0.262 e. The number of nitrogens with zero attached hydrogens (tertiary/aromatic N) is 2. The number of nitrogens with one attached hydrogen (secondary N) is 1. The smallest absolute Gasteiger partial charge is 0.262 e. The molecule has 8 heteroatoms. The van der Waals surface area contributed by atoms with Crippen molar-refractivity contribution in [2.45, 2.75) is 12.6 Å². The normalized spacial score (nSPS) is 12.2. The van der Waals surface area contributed by atoms with E-state index in [1.165, 1.54) is 10.9 Å². The fourth-order valence-corrected chi connectivity index (χ4v) is 3.21. The molecule has 3 aromatic rings. The van der Waals surface area contributed by atoms with Crippen molar-refractivity contribution in [1.82, 2.24) is 9.55 Å². The van der Waals surface area contributed by atoms with Crippen LogP contribution in [0.1, 0.15) is 0 Å². The average molecular weight is 439 g/mol. The Bertz CT molecular complexity index is 976. The lowest BCUT2D eigenvalue weighted by atomic mass is 10.2. The van der Waals surface area contributed by atoms with E-state index in [0.717, 1.165) is 11.4 Å². The summed E-state index contributed by atoms with van der Waals surface area (Å²) >= 11 is 9.40. The quantitative estimate of drug-likeness (QED) is 0.618. The highest BCUT2D eigenvalue weighted by Gasteiger charge is 2.13. The van der Waals surface area contributed by atoms with Crippen LogP contribution in [0.3, 0.4) is 0 Å². The maximum absolute atomic E-state index is 12.7. The molecule has 0 aliphatic heterocycles. The minimum absolute atomic E-state index is 0.115. The SMILES string of the molecule is COc1ccc(NC[C@H](O)Cn2cnc3ccc(Cl)c(Br)c3c2=O)cc1. The lowest BCUT2D eigenvalue weighted by Crippen LogP contribution is -2.31. The molecule has 0 aliphatic rings. The Morgan fingerprint density at radius 2 is 2.04 bits per heavy atom. The van der Waals surface area contributed by atoms with E-state index < -0.39 is 6.10 Å². The van der Waals surface area contributed by atoms with Gasteiger partial charge < -0.3 is 15.2 Å². The number of aliphatic hydroxyl groups is 1. The molecule has 1 aromatic heterocycles. The van der Waals surface area contributed by atoms with Crippen molar-refractivity contribution in [3.05, 3.63) is 62.6 Å². The zero-order chi connectivity index (χ0) is 18.7. The number of anilines is 1. The fraction of sp³-hybridized carbons (Fsp3) is 0.222. The van der Waals surface area contributed by atoms with E-state index in [-0.39, 0.29) is 18.6 Å². The van der Waals surface area contributed by atoms with Crippen molar-refractivity contribution in [3.8, 4) is 5.75 Å². The van der Waals surface area contributed by atoms with Crippen LogP contribution in [0.25, 0.3) is 10.9 Å². The van der Waals surface area contributed by atoms with Gasteiger partial charge in [0.1, 0.15) is 5.75 Å². The fourth-order valence-electron chi connectivity index (χ4n) is 2.55. The molecule has 0 unspecified atom stereocenters. The summed E-state index contributed by atoms with van der Waals surface area (Å²) < 4.78 is 6.99. The first-order valence-corrected chi connectivity index (χ1v) is 9.06. The highest BCUT2D eigenvalue weighted by atomic mass is 79.9. The molecule has 1 heterocycles. The summed E-state index contributed by atoms with van der Waals surface area (Å²) in [4.78, 5) is 16.9. The molecule has 3 rings (SSSR count). The van der Waals surface area contributed by atoms with Gasteiger partial charge in [0.2, 0.25) is 0 Å². The van der Waals surface area contributed by atoms with E-state index >= 15 is 0 Å². The Morgan fingerprint density at radius 3 is 2.73 bits per heavy atom. The molecule has 2 N–H and O–H groups in total. The topological polar surface area (TPSA) is 76.4 Å². The number of ether oxygens (including phenoxy) is 1. The van der Waals surface area contributed by atoms with Crippen LogP contribution in [0, 0.1) is 0 Å². The molecule has 0 saturated carbocycles. The molecule has 0 bridgehead atoms. The Morgan fingerprint density at radius 1 is 1.31 bits per heavy atom. The Balaban J connectivity index is 1.72. The maximum atomic E-state index is 12.7. The van der Waals surface area contributed by atoms with E-state index in [1.807, 2.05) is 24.3 Å². The van der Waals surface area contributed by atoms with Gasteiger partial charge in [-0.25, -0.2) is 4.98 Å². The van der Waals surface area contributed by atoms with Gasteiger partial charge in [0.25, 0.3) is 5.56 Å². The summed E-state index contributed by atoms with van der Waals surface area (Å²) in [6.45, 7) is 0.400. The number of benzene rings is 2. The largest absolute Gasteiger partial charge is 0.497 e. The Kier molecular flexibility index (Phi) is 5.80. The van der Waals surface area contributed by atoms with Crippen LogP contribution in [0.15, 0.2) is 52.0 Å². The van der Waals surface area contributed by atoms with E-state index in [0.29, 0.717) is 20.4 Å². The molecule has 136 valence electrons. The summed E-state index contributed by atoms with van der Waals surface area (Å²) in [6.07, 6.45) is 0.661. The molecule has 26 heavy (non-hydrogen) atoms. The summed E-state index contributed by atoms with van der Waals surface area (Å²) in [5.41, 5.74) is 1.14. The number of halogens is 2. The van der Waals surface area contributed by atoms with Crippen molar-refractivity contribution in [3.63, 3.8) is 0 Å². The number of fused-ring (bicyclic) bond motifs is 1. The average Bonchev–Trinajstić information content (AvgIpc) is 2.65. The monoisotopic (exact) mass is 437 g/mol. The number of hydrogen-bond acceptors (Lipinski definition) is 5. The standard InChI is InChI=1S/C18H17BrClN3O3/c1-26-13-4-2-11(3-5-13)21-8-12(24)9-23-10-22-15-7-6-14(20)17(19)16(15)18(23)25/h2-7,10,12,21,24H,8-9H2,1H3/t12-/m0/s1. The highest BCUT2D eigenvalue weighted by Crippen LogP contribution is 2.27. The van der Waals surface area contributed by atoms with Crippen molar-refractivity contribution in [1.29, 1.82) is 0 Å². The van der Waals surface area contributed by atoms with Crippen LogP contribution in [0.5, 0.6) is 5.75 Å². The molecule has 0 spiro atoms. The molecule has 0 fully saturated rings. The minimum atomic E-state index is -0.771. The number of aromatic nitrogens is 2. The lowest BCUT2D eigenvalue weighted by Gasteiger charge is -2.15. The second kappa shape index (κ2) is 8.07. The van der Waals surface area contributed by atoms with Gasteiger partial charge in [-0.1, -0.05) is 11.6 Å². The Hall–Kier alpha value is -2.09. The van der Waals surface area contributed by atoms with Gasteiger partial charge in [-0.15, -0.1) is 0 Å². The summed E-state index contributed by atoms with van der Waals surface area (Å²) in [5, 5.41) is 14.2. The van der Waals surface area contributed by atoms with Crippen LogP contribution in [-0.4, -0.2) is 34.4 Å². The molecule has 2 aromatic carbocycles.